The molecule has 0 saturated carbocycles. The highest BCUT2D eigenvalue weighted by molar-refractivity contribution is 5.72. The molecule has 2 aromatic heterocycles. The van der Waals surface area contributed by atoms with Gasteiger partial charge in [-0.25, -0.2) is 4.98 Å². The minimum Gasteiger partial charge on any atom is -0.480 e. The average molecular weight is 337 g/mol. The second kappa shape index (κ2) is 7.38. The molecule has 0 aliphatic rings. The summed E-state index contributed by atoms with van der Waals surface area (Å²) in [7, 11) is 1.63. The van der Waals surface area contributed by atoms with Crippen molar-refractivity contribution in [3.05, 3.63) is 59.1 Å². The molecule has 0 unspecified atom stereocenters. The lowest BCUT2D eigenvalue weighted by Crippen LogP contribution is -2.03. The summed E-state index contributed by atoms with van der Waals surface area (Å²) in [5.41, 5.74) is 6.19. The van der Waals surface area contributed by atoms with Crippen LogP contribution in [0.2, 0.25) is 0 Å². The minimum absolute atomic E-state index is 0.571. The van der Waals surface area contributed by atoms with Crippen LogP contribution in [0.3, 0.4) is 0 Å². The van der Waals surface area contributed by atoms with Crippen molar-refractivity contribution in [1.29, 1.82) is 0 Å². The molecular weight excluding hydrogens is 314 g/mol. The normalized spacial score (nSPS) is 10.7. The van der Waals surface area contributed by atoms with Crippen LogP contribution in [0, 0.1) is 13.8 Å². The number of ether oxygens (including phenoxy) is 1. The highest BCUT2D eigenvalue weighted by atomic mass is 16.5. The molecule has 0 aliphatic heterocycles. The van der Waals surface area contributed by atoms with Crippen LogP contribution in [0.15, 0.2) is 41.1 Å². The van der Waals surface area contributed by atoms with Gasteiger partial charge in [-0.05, 0) is 37.5 Å². The molecular formula is C20H23N3O2. The van der Waals surface area contributed by atoms with Crippen LogP contribution in [0.25, 0.3) is 11.1 Å². The Balaban J connectivity index is 1.88. The fourth-order valence-corrected chi connectivity index (χ4v) is 2.93. The van der Waals surface area contributed by atoms with Gasteiger partial charge in [0.25, 0.3) is 0 Å². The molecule has 2 heterocycles. The van der Waals surface area contributed by atoms with E-state index in [2.05, 4.69) is 46.6 Å². The monoisotopic (exact) mass is 337 g/mol. The molecule has 0 spiro atoms. The predicted octanol–water partition coefficient (Wildman–Crippen LogP) is 4.54. The number of methoxy groups -OCH3 is 1. The molecule has 3 aromatic rings. The summed E-state index contributed by atoms with van der Waals surface area (Å²) in [5.74, 6) is 1.35. The minimum atomic E-state index is 0.571. The molecule has 1 N–H and O–H groups in total. The highest BCUT2D eigenvalue weighted by Crippen LogP contribution is 2.32. The third-order valence-electron chi connectivity index (χ3n) is 4.25. The number of aryl methyl sites for hydroxylation is 3. The number of nitrogens with zero attached hydrogens (tertiary/aromatic N) is 2. The molecule has 0 radical (unpaired) electrons. The summed E-state index contributed by atoms with van der Waals surface area (Å²) >= 11 is 0. The van der Waals surface area contributed by atoms with Crippen molar-refractivity contribution in [1.82, 2.24) is 10.1 Å². The fourth-order valence-electron chi connectivity index (χ4n) is 2.93. The van der Waals surface area contributed by atoms with E-state index in [1.807, 2.05) is 19.9 Å². The zero-order valence-electron chi connectivity index (χ0n) is 15.1. The van der Waals surface area contributed by atoms with Gasteiger partial charge >= 0.3 is 0 Å². The van der Waals surface area contributed by atoms with Gasteiger partial charge in [-0.3, -0.25) is 0 Å². The number of hydrogen-bond donors (Lipinski definition) is 1. The lowest BCUT2D eigenvalue weighted by atomic mass is 10.1. The molecule has 1 aromatic carbocycles. The topological polar surface area (TPSA) is 60.2 Å². The zero-order valence-corrected chi connectivity index (χ0v) is 15.1. The molecule has 5 heteroatoms. The number of rotatable bonds is 6. The SMILES string of the molecule is CCc1cccc(CNc2cc(-c3c(C)noc3C)cnc2OC)c1. The Morgan fingerprint density at radius 1 is 1.16 bits per heavy atom. The smallest absolute Gasteiger partial charge is 0.237 e. The van der Waals surface area contributed by atoms with Crippen LogP contribution in [-0.2, 0) is 13.0 Å². The van der Waals surface area contributed by atoms with Crippen molar-refractivity contribution in [3.63, 3.8) is 0 Å². The molecule has 25 heavy (non-hydrogen) atoms. The van der Waals surface area contributed by atoms with Gasteiger partial charge in [0, 0.05) is 23.9 Å². The van der Waals surface area contributed by atoms with Crippen LogP contribution in [0.1, 0.15) is 29.5 Å². The molecule has 0 atom stereocenters. The molecule has 0 aliphatic carbocycles. The maximum atomic E-state index is 5.40. The standard InChI is InChI=1S/C20H23N3O2/c1-5-15-7-6-8-16(9-15)11-21-18-10-17(12-22-20(18)24-4)19-13(2)23-25-14(19)3/h6-10,12,21H,5,11H2,1-4H3. The molecule has 0 amide bonds. The quantitative estimate of drug-likeness (QED) is 0.716. The van der Waals surface area contributed by atoms with Crippen LogP contribution < -0.4 is 10.1 Å². The summed E-state index contributed by atoms with van der Waals surface area (Å²) in [6.45, 7) is 6.70. The molecule has 0 saturated heterocycles. The summed E-state index contributed by atoms with van der Waals surface area (Å²) in [4.78, 5) is 4.43. The Morgan fingerprint density at radius 2 is 1.96 bits per heavy atom. The lowest BCUT2D eigenvalue weighted by molar-refractivity contribution is 0.393. The first-order valence-corrected chi connectivity index (χ1v) is 8.41. The Morgan fingerprint density at radius 3 is 2.64 bits per heavy atom. The van der Waals surface area contributed by atoms with E-state index >= 15 is 0 Å². The van der Waals surface area contributed by atoms with Crippen LogP contribution in [0.4, 0.5) is 5.69 Å². The summed E-state index contributed by atoms with van der Waals surface area (Å²) in [6, 6.07) is 10.6. The predicted molar refractivity (Wildman–Crippen MR) is 98.9 cm³/mol. The number of pyridine rings is 1. The molecule has 130 valence electrons. The first kappa shape index (κ1) is 17.0. The zero-order chi connectivity index (χ0) is 17.8. The van der Waals surface area contributed by atoms with Gasteiger partial charge in [-0.1, -0.05) is 36.3 Å². The molecule has 0 fully saturated rings. The third kappa shape index (κ3) is 3.65. The maximum Gasteiger partial charge on any atom is 0.237 e. The van der Waals surface area contributed by atoms with Gasteiger partial charge in [-0.2, -0.15) is 0 Å². The maximum absolute atomic E-state index is 5.40. The van der Waals surface area contributed by atoms with Crippen molar-refractivity contribution in [2.45, 2.75) is 33.7 Å². The summed E-state index contributed by atoms with van der Waals surface area (Å²) in [6.07, 6.45) is 2.81. The first-order chi connectivity index (χ1) is 12.1. The number of nitrogens with one attached hydrogen (secondary N) is 1. The van der Waals surface area contributed by atoms with Crippen LogP contribution >= 0.6 is 0 Å². The van der Waals surface area contributed by atoms with Gasteiger partial charge in [0.1, 0.15) is 5.76 Å². The van der Waals surface area contributed by atoms with E-state index in [0.717, 1.165) is 34.7 Å². The second-order valence-corrected chi connectivity index (χ2v) is 6.01. The molecule has 3 rings (SSSR count). The number of aromatic nitrogens is 2. The molecule has 5 nitrogen and oxygen atoms in total. The number of benzene rings is 1. The third-order valence-corrected chi connectivity index (χ3v) is 4.25. The van der Waals surface area contributed by atoms with Crippen molar-refractivity contribution in [2.75, 3.05) is 12.4 Å². The van der Waals surface area contributed by atoms with Crippen LogP contribution in [-0.4, -0.2) is 17.3 Å². The Hall–Kier alpha value is -2.82. The highest BCUT2D eigenvalue weighted by Gasteiger charge is 2.14. The van der Waals surface area contributed by atoms with Gasteiger partial charge in [0.2, 0.25) is 5.88 Å². The average Bonchev–Trinajstić information content (AvgIpc) is 2.98. The van der Waals surface area contributed by atoms with Crippen molar-refractivity contribution in [2.24, 2.45) is 0 Å². The van der Waals surface area contributed by atoms with E-state index in [9.17, 15) is 0 Å². The number of anilines is 1. The van der Waals surface area contributed by atoms with Gasteiger partial charge < -0.3 is 14.6 Å². The van der Waals surface area contributed by atoms with E-state index < -0.39 is 0 Å². The summed E-state index contributed by atoms with van der Waals surface area (Å²) < 4.78 is 10.7. The Kier molecular flexibility index (Phi) is 5.03. The largest absolute Gasteiger partial charge is 0.480 e. The Bertz CT molecular complexity index is 852. The van der Waals surface area contributed by atoms with E-state index in [0.29, 0.717) is 12.4 Å². The van der Waals surface area contributed by atoms with Crippen molar-refractivity contribution in [3.8, 4) is 17.0 Å². The van der Waals surface area contributed by atoms with E-state index in [4.69, 9.17) is 9.26 Å². The van der Waals surface area contributed by atoms with E-state index in [-0.39, 0.29) is 0 Å². The fraction of sp³-hybridized carbons (Fsp3) is 0.300. The van der Waals surface area contributed by atoms with Gasteiger partial charge in [0.15, 0.2) is 0 Å². The van der Waals surface area contributed by atoms with Crippen molar-refractivity contribution >= 4 is 5.69 Å². The van der Waals surface area contributed by atoms with E-state index in [1.54, 1.807) is 13.3 Å². The van der Waals surface area contributed by atoms with E-state index in [1.165, 1.54) is 11.1 Å². The van der Waals surface area contributed by atoms with Gasteiger partial charge in [-0.15, -0.1) is 0 Å². The Labute approximate surface area is 148 Å². The van der Waals surface area contributed by atoms with Crippen LogP contribution in [0.5, 0.6) is 5.88 Å². The summed E-state index contributed by atoms with van der Waals surface area (Å²) in [5, 5.41) is 7.46. The molecule has 0 bridgehead atoms. The number of hydrogen-bond acceptors (Lipinski definition) is 5. The lowest BCUT2D eigenvalue weighted by Gasteiger charge is -2.12. The first-order valence-electron chi connectivity index (χ1n) is 8.41. The van der Waals surface area contributed by atoms with Crippen molar-refractivity contribution < 1.29 is 9.26 Å². The van der Waals surface area contributed by atoms with Gasteiger partial charge in [0.05, 0.1) is 18.5 Å². The second-order valence-electron chi connectivity index (χ2n) is 6.01.